The number of rotatable bonds is 4. The van der Waals surface area contributed by atoms with E-state index in [1.807, 2.05) is 6.07 Å². The third-order valence-electron chi connectivity index (χ3n) is 4.60. The van der Waals surface area contributed by atoms with E-state index in [1.165, 1.54) is 11.1 Å². The highest BCUT2D eigenvalue weighted by Gasteiger charge is 2.23. The van der Waals surface area contributed by atoms with Gasteiger partial charge in [0.2, 0.25) is 0 Å². The topological polar surface area (TPSA) is 75.2 Å². The number of nitriles is 1. The van der Waals surface area contributed by atoms with Crippen LogP contribution in [0.1, 0.15) is 28.1 Å². The van der Waals surface area contributed by atoms with Crippen LogP contribution in [0.4, 0.5) is 0 Å². The average Bonchev–Trinajstić information content (AvgIpc) is 3.21. The molecule has 0 saturated heterocycles. The molecule has 2 aromatic heterocycles. The second-order valence-corrected chi connectivity index (χ2v) is 6.69. The summed E-state index contributed by atoms with van der Waals surface area (Å²) in [6.07, 6.45) is 3.55. The third kappa shape index (κ3) is 2.83. The number of thiocarbonyl (C=S) groups is 1. The summed E-state index contributed by atoms with van der Waals surface area (Å²) in [6.45, 7) is 0.254. The molecule has 1 aromatic carbocycles. The van der Waals surface area contributed by atoms with E-state index in [0.29, 0.717) is 21.9 Å². The summed E-state index contributed by atoms with van der Waals surface area (Å²) in [7, 11) is 1.57. The van der Waals surface area contributed by atoms with Gasteiger partial charge in [-0.25, -0.2) is 9.50 Å². The molecule has 1 N–H and O–H groups in total. The maximum atomic E-state index is 9.44. The smallest absolute Gasteiger partial charge is 0.174 e. The van der Waals surface area contributed by atoms with Gasteiger partial charge in [-0.3, -0.25) is 0 Å². The minimum absolute atomic E-state index is 0.254. The van der Waals surface area contributed by atoms with Crippen molar-refractivity contribution < 1.29 is 4.74 Å². The summed E-state index contributed by atoms with van der Waals surface area (Å²) in [5.41, 5.74) is 4.92. The molecule has 4 rings (SSSR count). The van der Waals surface area contributed by atoms with Crippen molar-refractivity contribution in [3.63, 3.8) is 0 Å². The summed E-state index contributed by atoms with van der Waals surface area (Å²) in [4.78, 5) is 4.90. The number of nitrogens with zero attached hydrogens (tertiary/aromatic N) is 4. The molecule has 130 valence electrons. The van der Waals surface area contributed by atoms with Gasteiger partial charge in [-0.1, -0.05) is 36.5 Å². The van der Waals surface area contributed by atoms with Crippen LogP contribution >= 0.6 is 12.2 Å². The molecule has 0 aliphatic heterocycles. The number of hydrogen-bond donors (Lipinski definition) is 1. The van der Waals surface area contributed by atoms with Crippen molar-refractivity contribution in [1.82, 2.24) is 19.9 Å². The lowest BCUT2D eigenvalue weighted by Gasteiger charge is -2.15. The van der Waals surface area contributed by atoms with Crippen LogP contribution in [0.15, 0.2) is 36.5 Å². The molecule has 7 heteroatoms. The second-order valence-electron chi connectivity index (χ2n) is 6.28. The standard InChI is InChI=1S/C19H17N5OS/c1-25-11-16-15(10-20)18-21-7-6-17(24(18)23-16)19(26)22-14-8-12-4-2-3-5-13(12)9-14/h2-7,14H,8-9,11H2,1H3,(H,22,26). The fraction of sp³-hybridized carbons (Fsp3) is 0.263. The predicted octanol–water partition coefficient (Wildman–Crippen LogP) is 2.18. The number of nitrogens with one attached hydrogen (secondary N) is 1. The first-order valence-electron chi connectivity index (χ1n) is 8.34. The Morgan fingerprint density at radius 2 is 2.08 bits per heavy atom. The van der Waals surface area contributed by atoms with Crippen molar-refractivity contribution in [1.29, 1.82) is 5.26 Å². The number of fused-ring (bicyclic) bond motifs is 2. The number of ether oxygens (including phenoxy) is 1. The van der Waals surface area contributed by atoms with E-state index < -0.39 is 0 Å². The van der Waals surface area contributed by atoms with Gasteiger partial charge in [0.25, 0.3) is 0 Å². The Hall–Kier alpha value is -2.82. The minimum Gasteiger partial charge on any atom is -0.378 e. The number of hydrogen-bond acceptors (Lipinski definition) is 5. The lowest BCUT2D eigenvalue weighted by Crippen LogP contribution is -2.35. The molecule has 2 heterocycles. The normalized spacial score (nSPS) is 13.5. The van der Waals surface area contributed by atoms with E-state index in [2.05, 4.69) is 45.7 Å². The van der Waals surface area contributed by atoms with Crippen LogP contribution in [0.2, 0.25) is 0 Å². The monoisotopic (exact) mass is 363 g/mol. The largest absolute Gasteiger partial charge is 0.378 e. The van der Waals surface area contributed by atoms with Crippen LogP contribution in [-0.2, 0) is 24.2 Å². The predicted molar refractivity (Wildman–Crippen MR) is 101 cm³/mol. The van der Waals surface area contributed by atoms with E-state index in [-0.39, 0.29) is 12.6 Å². The Morgan fingerprint density at radius 1 is 1.35 bits per heavy atom. The van der Waals surface area contributed by atoms with Gasteiger partial charge in [0.1, 0.15) is 28.0 Å². The Bertz CT molecular complexity index is 1010. The first-order valence-corrected chi connectivity index (χ1v) is 8.75. The van der Waals surface area contributed by atoms with E-state index in [9.17, 15) is 5.26 Å². The highest BCUT2D eigenvalue weighted by molar-refractivity contribution is 7.80. The van der Waals surface area contributed by atoms with Gasteiger partial charge < -0.3 is 10.1 Å². The quantitative estimate of drug-likeness (QED) is 0.716. The first-order chi connectivity index (χ1) is 12.7. The maximum absolute atomic E-state index is 9.44. The number of methoxy groups -OCH3 is 1. The number of benzene rings is 1. The van der Waals surface area contributed by atoms with Crippen molar-refractivity contribution in [3.05, 3.63) is 64.6 Å². The van der Waals surface area contributed by atoms with E-state index in [4.69, 9.17) is 17.0 Å². The highest BCUT2D eigenvalue weighted by atomic mass is 32.1. The molecule has 0 atom stereocenters. The molecule has 3 aromatic rings. The summed E-state index contributed by atoms with van der Waals surface area (Å²) in [5, 5.41) is 17.4. The van der Waals surface area contributed by atoms with Crippen LogP contribution < -0.4 is 5.32 Å². The van der Waals surface area contributed by atoms with Gasteiger partial charge in [0.05, 0.1) is 6.61 Å². The van der Waals surface area contributed by atoms with Gasteiger partial charge >= 0.3 is 0 Å². The Labute approximate surface area is 156 Å². The summed E-state index contributed by atoms with van der Waals surface area (Å²) >= 11 is 5.63. The van der Waals surface area contributed by atoms with Crippen molar-refractivity contribution in [2.75, 3.05) is 7.11 Å². The van der Waals surface area contributed by atoms with Crippen molar-refractivity contribution in [2.45, 2.75) is 25.5 Å². The minimum atomic E-state index is 0.254. The van der Waals surface area contributed by atoms with Crippen molar-refractivity contribution in [3.8, 4) is 6.07 Å². The zero-order valence-corrected chi connectivity index (χ0v) is 15.1. The molecule has 0 unspecified atom stereocenters. The average molecular weight is 363 g/mol. The summed E-state index contributed by atoms with van der Waals surface area (Å²) < 4.78 is 6.77. The maximum Gasteiger partial charge on any atom is 0.174 e. The molecule has 0 amide bonds. The lowest BCUT2D eigenvalue weighted by molar-refractivity contribution is 0.181. The van der Waals surface area contributed by atoms with Gasteiger partial charge in [-0.05, 0) is 30.0 Å². The van der Waals surface area contributed by atoms with Gasteiger partial charge in [0.15, 0.2) is 5.65 Å². The van der Waals surface area contributed by atoms with Crippen LogP contribution in [0.5, 0.6) is 0 Å². The number of aromatic nitrogens is 3. The molecule has 0 spiro atoms. The first kappa shape index (κ1) is 16.6. The molecule has 26 heavy (non-hydrogen) atoms. The summed E-state index contributed by atoms with van der Waals surface area (Å²) in [6, 6.07) is 12.7. The van der Waals surface area contributed by atoms with Crippen LogP contribution in [0, 0.1) is 11.3 Å². The Balaban J connectivity index is 1.63. The molecule has 1 aliphatic carbocycles. The van der Waals surface area contributed by atoms with Crippen LogP contribution in [0.3, 0.4) is 0 Å². The fourth-order valence-electron chi connectivity index (χ4n) is 3.43. The lowest BCUT2D eigenvalue weighted by atomic mass is 10.1. The zero-order valence-electron chi connectivity index (χ0n) is 14.3. The molecular formula is C19H17N5OS. The molecule has 0 bridgehead atoms. The van der Waals surface area contributed by atoms with E-state index in [1.54, 1.807) is 17.8 Å². The molecule has 1 aliphatic rings. The Kier molecular flexibility index (Phi) is 4.37. The van der Waals surface area contributed by atoms with E-state index in [0.717, 1.165) is 18.5 Å². The Morgan fingerprint density at radius 3 is 2.73 bits per heavy atom. The van der Waals surface area contributed by atoms with Crippen molar-refractivity contribution in [2.24, 2.45) is 0 Å². The van der Waals surface area contributed by atoms with Gasteiger partial charge in [-0.2, -0.15) is 10.4 Å². The fourth-order valence-corrected chi connectivity index (χ4v) is 3.75. The molecule has 6 nitrogen and oxygen atoms in total. The molecular weight excluding hydrogens is 346 g/mol. The van der Waals surface area contributed by atoms with E-state index >= 15 is 0 Å². The highest BCUT2D eigenvalue weighted by Crippen LogP contribution is 2.22. The SMILES string of the molecule is COCc1nn2c(C(=S)NC3Cc4ccccc4C3)ccnc2c1C#N. The molecule has 0 fully saturated rings. The van der Waals surface area contributed by atoms with Gasteiger partial charge in [-0.15, -0.1) is 0 Å². The van der Waals surface area contributed by atoms with Gasteiger partial charge in [0, 0.05) is 19.3 Å². The third-order valence-corrected chi connectivity index (χ3v) is 4.93. The molecule has 0 saturated carbocycles. The second kappa shape index (κ2) is 6.83. The zero-order chi connectivity index (χ0) is 18.1. The van der Waals surface area contributed by atoms with Crippen molar-refractivity contribution >= 4 is 22.9 Å². The van der Waals surface area contributed by atoms with Crippen LogP contribution in [-0.4, -0.2) is 32.7 Å². The molecule has 0 radical (unpaired) electrons. The van der Waals surface area contributed by atoms with Crippen LogP contribution in [0.25, 0.3) is 5.65 Å². The summed E-state index contributed by atoms with van der Waals surface area (Å²) in [5.74, 6) is 0.